The molecule has 0 aliphatic carbocycles. The first kappa shape index (κ1) is 20.2. The maximum Gasteiger partial charge on any atom is 0.360 e. The average molecular weight is 377 g/mol. The molecule has 0 bridgehead atoms. The Bertz CT molecular complexity index is 761. The van der Waals surface area contributed by atoms with Crippen LogP contribution in [0, 0.1) is 0 Å². The molecule has 0 radical (unpaired) electrons. The number of para-hydroxylation sites is 2. The van der Waals surface area contributed by atoms with E-state index >= 15 is 0 Å². The zero-order valence-corrected chi connectivity index (χ0v) is 15.6. The molecule has 0 unspecified atom stereocenters. The molecule has 2 rings (SSSR count). The number of amides is 2. The molecule has 1 heterocycles. The fourth-order valence-electron chi connectivity index (χ4n) is 2.24. The standard InChI is InChI=1S/C18H23N3O6/c1-4-26-15-8-6-5-7-13(15)20-18(23)21(9-10-24-2)11-16-19-14(12-27-16)17(22)25-3/h5-8,12H,4,9-11H2,1-3H3,(H,20,23). The molecule has 9 nitrogen and oxygen atoms in total. The Morgan fingerprint density at radius 3 is 2.74 bits per heavy atom. The van der Waals surface area contributed by atoms with Crippen LogP contribution < -0.4 is 10.1 Å². The number of carbonyl (C=O) groups excluding carboxylic acids is 2. The smallest absolute Gasteiger partial charge is 0.360 e. The highest BCUT2D eigenvalue weighted by atomic mass is 16.5. The van der Waals surface area contributed by atoms with Gasteiger partial charge in [-0.05, 0) is 19.1 Å². The predicted molar refractivity (Wildman–Crippen MR) is 96.8 cm³/mol. The van der Waals surface area contributed by atoms with Gasteiger partial charge in [0, 0.05) is 13.7 Å². The molecule has 0 atom stereocenters. The lowest BCUT2D eigenvalue weighted by Crippen LogP contribution is -2.37. The number of hydrogen-bond donors (Lipinski definition) is 1. The molecule has 1 aromatic heterocycles. The van der Waals surface area contributed by atoms with E-state index in [2.05, 4.69) is 15.0 Å². The van der Waals surface area contributed by atoms with E-state index in [4.69, 9.17) is 13.9 Å². The number of ether oxygens (including phenoxy) is 3. The number of benzene rings is 1. The lowest BCUT2D eigenvalue weighted by molar-refractivity contribution is 0.0594. The summed E-state index contributed by atoms with van der Waals surface area (Å²) in [6.07, 6.45) is 1.19. The molecular weight excluding hydrogens is 354 g/mol. The van der Waals surface area contributed by atoms with Crippen molar-refractivity contribution in [3.05, 3.63) is 42.1 Å². The van der Waals surface area contributed by atoms with Crippen molar-refractivity contribution in [1.29, 1.82) is 0 Å². The monoisotopic (exact) mass is 377 g/mol. The van der Waals surface area contributed by atoms with Crippen LogP contribution >= 0.6 is 0 Å². The number of oxazole rings is 1. The SMILES string of the molecule is CCOc1ccccc1NC(=O)N(CCOC)Cc1nc(C(=O)OC)co1. The molecule has 0 saturated carbocycles. The molecule has 146 valence electrons. The van der Waals surface area contributed by atoms with Gasteiger partial charge in [-0.25, -0.2) is 14.6 Å². The topological polar surface area (TPSA) is 103 Å². The normalized spacial score (nSPS) is 10.3. The summed E-state index contributed by atoms with van der Waals surface area (Å²) < 4.78 is 20.4. The fraction of sp³-hybridized carbons (Fsp3) is 0.389. The van der Waals surface area contributed by atoms with E-state index in [9.17, 15) is 9.59 Å². The maximum atomic E-state index is 12.7. The number of anilines is 1. The zero-order chi connectivity index (χ0) is 19.6. The maximum absolute atomic E-state index is 12.7. The van der Waals surface area contributed by atoms with Gasteiger partial charge in [0.1, 0.15) is 12.0 Å². The summed E-state index contributed by atoms with van der Waals surface area (Å²) in [5, 5.41) is 2.81. The van der Waals surface area contributed by atoms with Gasteiger partial charge < -0.3 is 28.8 Å². The summed E-state index contributed by atoms with van der Waals surface area (Å²) >= 11 is 0. The molecule has 0 aliphatic rings. The van der Waals surface area contributed by atoms with Crippen LogP contribution in [-0.2, 0) is 16.0 Å². The molecule has 1 aromatic carbocycles. The second kappa shape index (κ2) is 10.2. The largest absolute Gasteiger partial charge is 0.492 e. The minimum atomic E-state index is -0.608. The van der Waals surface area contributed by atoms with Crippen molar-refractivity contribution in [3.63, 3.8) is 0 Å². The molecule has 0 saturated heterocycles. The quantitative estimate of drug-likeness (QED) is 0.670. The third-order valence-corrected chi connectivity index (χ3v) is 3.55. The van der Waals surface area contributed by atoms with E-state index in [0.29, 0.717) is 31.2 Å². The van der Waals surface area contributed by atoms with E-state index in [-0.39, 0.29) is 24.2 Å². The Morgan fingerprint density at radius 2 is 2.04 bits per heavy atom. The third kappa shape index (κ3) is 5.71. The molecule has 0 aliphatic heterocycles. The summed E-state index contributed by atoms with van der Waals surface area (Å²) in [5.41, 5.74) is 0.593. The summed E-state index contributed by atoms with van der Waals surface area (Å²) in [4.78, 5) is 29.7. The van der Waals surface area contributed by atoms with Crippen LogP contribution in [0.25, 0.3) is 0 Å². The van der Waals surface area contributed by atoms with Gasteiger partial charge in [0.05, 0.1) is 32.6 Å². The number of aromatic nitrogens is 1. The molecule has 27 heavy (non-hydrogen) atoms. The second-order valence-electron chi connectivity index (χ2n) is 5.39. The summed E-state index contributed by atoms with van der Waals surface area (Å²) in [5.74, 6) is 0.174. The lowest BCUT2D eigenvalue weighted by Gasteiger charge is -2.22. The Hall–Kier alpha value is -3.07. The van der Waals surface area contributed by atoms with Gasteiger partial charge in [-0.3, -0.25) is 0 Å². The molecule has 2 aromatic rings. The first-order chi connectivity index (χ1) is 13.1. The van der Waals surface area contributed by atoms with Gasteiger partial charge in [-0.15, -0.1) is 0 Å². The number of nitrogens with zero attached hydrogens (tertiary/aromatic N) is 2. The lowest BCUT2D eigenvalue weighted by atomic mass is 10.3. The molecule has 0 fully saturated rings. The molecule has 2 amide bonds. The van der Waals surface area contributed by atoms with E-state index in [1.54, 1.807) is 25.3 Å². The van der Waals surface area contributed by atoms with E-state index in [1.807, 2.05) is 13.0 Å². The fourth-order valence-corrected chi connectivity index (χ4v) is 2.24. The van der Waals surface area contributed by atoms with Crippen molar-refractivity contribution in [2.75, 3.05) is 39.3 Å². The molecular formula is C18H23N3O6. The second-order valence-corrected chi connectivity index (χ2v) is 5.39. The van der Waals surface area contributed by atoms with Crippen molar-refractivity contribution in [2.45, 2.75) is 13.5 Å². The van der Waals surface area contributed by atoms with Crippen molar-refractivity contribution < 1.29 is 28.2 Å². The predicted octanol–water partition coefficient (Wildman–Crippen LogP) is 2.54. The van der Waals surface area contributed by atoms with Gasteiger partial charge in [-0.2, -0.15) is 0 Å². The number of nitrogens with one attached hydrogen (secondary N) is 1. The summed E-state index contributed by atoms with van der Waals surface area (Å²) in [6, 6.07) is 6.77. The van der Waals surface area contributed by atoms with Gasteiger partial charge in [0.2, 0.25) is 5.89 Å². The highest BCUT2D eigenvalue weighted by Crippen LogP contribution is 2.24. The minimum absolute atomic E-state index is 0.0429. The molecule has 9 heteroatoms. The van der Waals surface area contributed by atoms with E-state index in [1.165, 1.54) is 18.3 Å². The van der Waals surface area contributed by atoms with Crippen LogP contribution in [0.5, 0.6) is 5.75 Å². The number of methoxy groups -OCH3 is 2. The van der Waals surface area contributed by atoms with Gasteiger partial charge >= 0.3 is 12.0 Å². The van der Waals surface area contributed by atoms with Gasteiger partial charge in [0.25, 0.3) is 0 Å². The first-order valence-electron chi connectivity index (χ1n) is 8.38. The van der Waals surface area contributed by atoms with Crippen molar-refractivity contribution in [1.82, 2.24) is 9.88 Å². The number of rotatable bonds is 9. The van der Waals surface area contributed by atoms with E-state index < -0.39 is 5.97 Å². The Kier molecular flexibility index (Phi) is 7.63. The van der Waals surface area contributed by atoms with Gasteiger partial charge in [0.15, 0.2) is 5.69 Å². The Balaban J connectivity index is 2.11. The van der Waals surface area contributed by atoms with Crippen LogP contribution in [0.4, 0.5) is 10.5 Å². The number of esters is 1. The van der Waals surface area contributed by atoms with Gasteiger partial charge in [-0.1, -0.05) is 12.1 Å². The summed E-state index contributed by atoms with van der Waals surface area (Å²) in [7, 11) is 2.80. The Labute approximate surface area is 157 Å². The number of hydrogen-bond acceptors (Lipinski definition) is 7. The van der Waals surface area contributed by atoms with Crippen LogP contribution in [0.2, 0.25) is 0 Å². The summed E-state index contributed by atoms with van der Waals surface area (Å²) in [6.45, 7) is 3.03. The van der Waals surface area contributed by atoms with Crippen molar-refractivity contribution in [3.8, 4) is 5.75 Å². The third-order valence-electron chi connectivity index (χ3n) is 3.55. The zero-order valence-electron chi connectivity index (χ0n) is 15.6. The van der Waals surface area contributed by atoms with Crippen LogP contribution in [0.15, 0.2) is 34.9 Å². The number of carbonyl (C=O) groups is 2. The van der Waals surface area contributed by atoms with Crippen LogP contribution in [-0.4, -0.2) is 55.9 Å². The van der Waals surface area contributed by atoms with E-state index in [0.717, 1.165) is 0 Å². The van der Waals surface area contributed by atoms with Crippen molar-refractivity contribution in [2.24, 2.45) is 0 Å². The number of urea groups is 1. The minimum Gasteiger partial charge on any atom is -0.492 e. The first-order valence-corrected chi connectivity index (χ1v) is 8.38. The highest BCUT2D eigenvalue weighted by Gasteiger charge is 2.20. The highest BCUT2D eigenvalue weighted by molar-refractivity contribution is 5.91. The van der Waals surface area contributed by atoms with Crippen LogP contribution in [0.3, 0.4) is 0 Å². The van der Waals surface area contributed by atoms with Crippen LogP contribution in [0.1, 0.15) is 23.3 Å². The Morgan fingerprint density at radius 1 is 1.26 bits per heavy atom. The molecule has 1 N–H and O–H groups in total. The average Bonchev–Trinajstić information content (AvgIpc) is 3.14. The molecule has 0 spiro atoms. The van der Waals surface area contributed by atoms with Crippen molar-refractivity contribution >= 4 is 17.7 Å².